The average molecular weight is 329 g/mol. The van der Waals surface area contributed by atoms with Crippen LogP contribution in [0.2, 0.25) is 0 Å². The molecule has 0 heterocycles. The van der Waals surface area contributed by atoms with Gasteiger partial charge in [-0.15, -0.1) is 0 Å². The molecule has 0 atom stereocenters. The van der Waals surface area contributed by atoms with Gasteiger partial charge in [0.05, 0.1) is 19.3 Å². The summed E-state index contributed by atoms with van der Waals surface area (Å²) in [6, 6.07) is 14.0. The number of carbonyl (C=O) groups is 2. The first-order valence-electron chi connectivity index (χ1n) is 7.46. The van der Waals surface area contributed by atoms with Crippen molar-refractivity contribution in [1.29, 1.82) is 0 Å². The number of rotatable bonds is 6. The second kappa shape index (κ2) is 8.57. The summed E-state index contributed by atoms with van der Waals surface area (Å²) in [6.45, 7) is 2.41. The number of methoxy groups -OCH3 is 1. The van der Waals surface area contributed by atoms with Gasteiger partial charge in [-0.05, 0) is 24.6 Å². The summed E-state index contributed by atoms with van der Waals surface area (Å²) in [5, 5.41) is 2.58. The summed E-state index contributed by atoms with van der Waals surface area (Å²) in [4.78, 5) is 23.6. The zero-order valence-electron chi connectivity index (χ0n) is 13.6. The Morgan fingerprint density at radius 1 is 1.08 bits per heavy atom. The van der Waals surface area contributed by atoms with Crippen molar-refractivity contribution in [2.24, 2.45) is 0 Å². The summed E-state index contributed by atoms with van der Waals surface area (Å²) in [5.74, 6) is -0.0592. The van der Waals surface area contributed by atoms with E-state index in [4.69, 9.17) is 14.2 Å². The molecule has 6 nitrogen and oxygen atoms in total. The molecule has 2 rings (SSSR count). The van der Waals surface area contributed by atoms with Gasteiger partial charge in [0.1, 0.15) is 12.4 Å². The van der Waals surface area contributed by atoms with Crippen LogP contribution in [0.1, 0.15) is 22.8 Å². The first-order valence-corrected chi connectivity index (χ1v) is 7.46. The Morgan fingerprint density at radius 2 is 1.83 bits per heavy atom. The smallest absolute Gasteiger partial charge is 0.411 e. The molecule has 0 aliphatic carbocycles. The number of hydrogen-bond donors (Lipinski definition) is 1. The van der Waals surface area contributed by atoms with Gasteiger partial charge in [0.25, 0.3) is 0 Å². The van der Waals surface area contributed by atoms with Crippen LogP contribution in [0.15, 0.2) is 48.5 Å². The highest BCUT2D eigenvalue weighted by atomic mass is 16.5. The van der Waals surface area contributed by atoms with E-state index in [2.05, 4.69) is 5.32 Å². The van der Waals surface area contributed by atoms with Crippen molar-refractivity contribution in [3.8, 4) is 5.75 Å². The Bertz CT molecular complexity index is 700. The Labute approximate surface area is 140 Å². The van der Waals surface area contributed by atoms with Crippen LogP contribution in [0.3, 0.4) is 0 Å². The largest absolute Gasteiger partial charge is 0.494 e. The van der Waals surface area contributed by atoms with Gasteiger partial charge in [0.2, 0.25) is 0 Å². The zero-order chi connectivity index (χ0) is 17.4. The predicted molar refractivity (Wildman–Crippen MR) is 89.2 cm³/mol. The lowest BCUT2D eigenvalue weighted by Gasteiger charge is -2.11. The molecule has 0 bridgehead atoms. The van der Waals surface area contributed by atoms with Crippen LogP contribution >= 0.6 is 0 Å². The van der Waals surface area contributed by atoms with Crippen LogP contribution in [-0.4, -0.2) is 25.8 Å². The highest BCUT2D eigenvalue weighted by molar-refractivity contribution is 5.93. The van der Waals surface area contributed by atoms with Crippen molar-refractivity contribution in [3.63, 3.8) is 0 Å². The van der Waals surface area contributed by atoms with E-state index in [1.807, 2.05) is 37.3 Å². The fourth-order valence-corrected chi connectivity index (χ4v) is 2.03. The number of hydrogen-bond acceptors (Lipinski definition) is 5. The summed E-state index contributed by atoms with van der Waals surface area (Å²) < 4.78 is 15.2. The molecule has 0 aromatic heterocycles. The van der Waals surface area contributed by atoms with Gasteiger partial charge in [-0.3, -0.25) is 5.32 Å². The fourth-order valence-electron chi connectivity index (χ4n) is 2.03. The summed E-state index contributed by atoms with van der Waals surface area (Å²) in [5.41, 5.74) is 1.55. The number of amides is 1. The minimum absolute atomic E-state index is 0.154. The van der Waals surface area contributed by atoms with E-state index < -0.39 is 12.1 Å². The maximum atomic E-state index is 11.9. The Balaban J connectivity index is 2.05. The van der Waals surface area contributed by atoms with Gasteiger partial charge in [-0.25, -0.2) is 9.59 Å². The quantitative estimate of drug-likeness (QED) is 0.819. The second-order valence-corrected chi connectivity index (χ2v) is 4.86. The standard InChI is InChI=1S/C18H19NO5/c1-3-23-16-10-14(17(20)22-2)9-15(11-16)19-18(21)24-12-13-7-5-4-6-8-13/h4-11H,3,12H2,1-2H3,(H,19,21). The molecule has 6 heteroatoms. The number of nitrogens with one attached hydrogen (secondary N) is 1. The van der Waals surface area contributed by atoms with Gasteiger partial charge in [-0.2, -0.15) is 0 Å². The van der Waals surface area contributed by atoms with E-state index in [-0.39, 0.29) is 12.2 Å². The van der Waals surface area contributed by atoms with Crippen LogP contribution in [-0.2, 0) is 16.1 Å². The van der Waals surface area contributed by atoms with E-state index in [0.29, 0.717) is 18.0 Å². The maximum absolute atomic E-state index is 11.9. The van der Waals surface area contributed by atoms with Crippen molar-refractivity contribution in [1.82, 2.24) is 0 Å². The molecule has 0 unspecified atom stereocenters. The molecule has 0 radical (unpaired) electrons. The van der Waals surface area contributed by atoms with Crippen molar-refractivity contribution in [2.45, 2.75) is 13.5 Å². The van der Waals surface area contributed by atoms with Gasteiger partial charge in [0, 0.05) is 11.8 Å². The minimum atomic E-state index is -0.622. The molecule has 1 N–H and O–H groups in total. The summed E-state index contributed by atoms with van der Waals surface area (Å²) >= 11 is 0. The van der Waals surface area contributed by atoms with Crippen molar-refractivity contribution >= 4 is 17.7 Å². The maximum Gasteiger partial charge on any atom is 0.411 e. The SMILES string of the molecule is CCOc1cc(NC(=O)OCc2ccccc2)cc(C(=O)OC)c1. The van der Waals surface area contributed by atoms with Crippen molar-refractivity contribution in [2.75, 3.05) is 19.0 Å². The van der Waals surface area contributed by atoms with Crippen LogP contribution < -0.4 is 10.1 Å². The molecule has 0 aliphatic rings. The first kappa shape index (κ1) is 17.3. The minimum Gasteiger partial charge on any atom is -0.494 e. The molecule has 0 aliphatic heterocycles. The van der Waals surface area contributed by atoms with Gasteiger partial charge in [0.15, 0.2) is 0 Å². The van der Waals surface area contributed by atoms with Gasteiger partial charge in [-0.1, -0.05) is 30.3 Å². The van der Waals surface area contributed by atoms with Crippen LogP contribution in [0.5, 0.6) is 5.75 Å². The Morgan fingerprint density at radius 3 is 2.50 bits per heavy atom. The van der Waals surface area contributed by atoms with Crippen molar-refractivity contribution < 1.29 is 23.8 Å². The number of anilines is 1. The van der Waals surface area contributed by atoms with Crippen LogP contribution in [0.25, 0.3) is 0 Å². The third-order valence-corrected chi connectivity index (χ3v) is 3.10. The molecule has 2 aromatic rings. The first-order chi connectivity index (χ1) is 11.6. The zero-order valence-corrected chi connectivity index (χ0v) is 13.6. The molecule has 24 heavy (non-hydrogen) atoms. The van der Waals surface area contributed by atoms with E-state index in [1.165, 1.54) is 13.2 Å². The molecule has 0 saturated heterocycles. The lowest BCUT2D eigenvalue weighted by atomic mass is 10.2. The van der Waals surface area contributed by atoms with Crippen LogP contribution in [0.4, 0.5) is 10.5 Å². The summed E-state index contributed by atoms with van der Waals surface area (Å²) in [6.07, 6.45) is -0.622. The van der Waals surface area contributed by atoms with Gasteiger partial charge < -0.3 is 14.2 Å². The molecular weight excluding hydrogens is 310 g/mol. The number of carbonyl (C=O) groups excluding carboxylic acids is 2. The lowest BCUT2D eigenvalue weighted by molar-refractivity contribution is 0.0600. The fraction of sp³-hybridized carbons (Fsp3) is 0.222. The third kappa shape index (κ3) is 5.01. The lowest BCUT2D eigenvalue weighted by Crippen LogP contribution is -2.14. The highest BCUT2D eigenvalue weighted by Crippen LogP contribution is 2.22. The summed E-state index contributed by atoms with van der Waals surface area (Å²) in [7, 11) is 1.29. The molecule has 126 valence electrons. The average Bonchev–Trinajstić information content (AvgIpc) is 2.60. The topological polar surface area (TPSA) is 73.9 Å². The third-order valence-electron chi connectivity index (χ3n) is 3.10. The van der Waals surface area contributed by atoms with E-state index in [0.717, 1.165) is 5.56 Å². The van der Waals surface area contributed by atoms with E-state index >= 15 is 0 Å². The molecule has 0 saturated carbocycles. The number of esters is 1. The number of benzene rings is 2. The Kier molecular flexibility index (Phi) is 6.19. The Hall–Kier alpha value is -3.02. The predicted octanol–water partition coefficient (Wildman–Crippen LogP) is 3.62. The van der Waals surface area contributed by atoms with Gasteiger partial charge >= 0.3 is 12.1 Å². The second-order valence-electron chi connectivity index (χ2n) is 4.86. The van der Waals surface area contributed by atoms with Crippen molar-refractivity contribution in [3.05, 3.63) is 59.7 Å². The van der Waals surface area contributed by atoms with E-state index in [9.17, 15) is 9.59 Å². The number of ether oxygens (including phenoxy) is 3. The van der Waals surface area contributed by atoms with E-state index in [1.54, 1.807) is 12.1 Å². The monoisotopic (exact) mass is 329 g/mol. The molecule has 0 spiro atoms. The molecule has 0 fully saturated rings. The van der Waals surface area contributed by atoms with Crippen LogP contribution in [0, 0.1) is 0 Å². The highest BCUT2D eigenvalue weighted by Gasteiger charge is 2.12. The normalized spacial score (nSPS) is 9.92. The molecule has 2 aromatic carbocycles. The molecular formula is C18H19NO5. The molecule has 1 amide bonds.